The molecule has 0 bridgehead atoms. The van der Waals surface area contributed by atoms with Gasteiger partial charge in [-0.15, -0.1) is 0 Å². The van der Waals surface area contributed by atoms with Crippen LogP contribution in [0.1, 0.15) is 15.9 Å². The van der Waals surface area contributed by atoms with Crippen molar-refractivity contribution in [3.63, 3.8) is 0 Å². The van der Waals surface area contributed by atoms with Crippen molar-refractivity contribution in [2.24, 2.45) is 0 Å². The summed E-state index contributed by atoms with van der Waals surface area (Å²) in [6.07, 6.45) is 0. The van der Waals surface area contributed by atoms with Crippen LogP contribution in [0.25, 0.3) is 34.0 Å². The molecule has 7 heteroatoms. The zero-order valence-electron chi connectivity index (χ0n) is 13.0. The third kappa shape index (κ3) is 2.66. The van der Waals surface area contributed by atoms with E-state index in [1.54, 1.807) is 24.3 Å². The summed E-state index contributed by atoms with van der Waals surface area (Å²) < 4.78 is 11.0. The summed E-state index contributed by atoms with van der Waals surface area (Å²) in [5.41, 5.74) is 2.43. The number of aryl methyl sites for hydroxylation is 1. The van der Waals surface area contributed by atoms with Gasteiger partial charge in [0.2, 0.25) is 5.82 Å². The highest BCUT2D eigenvalue weighted by atomic mass is 35.5. The fourth-order valence-corrected chi connectivity index (χ4v) is 2.74. The van der Waals surface area contributed by atoms with E-state index in [-0.39, 0.29) is 11.5 Å². The smallest absolute Gasteiger partial charge is 0.335 e. The van der Waals surface area contributed by atoms with Crippen LogP contribution in [-0.4, -0.2) is 21.2 Å². The fraction of sp³-hybridized carbons (Fsp3) is 0.0556. The van der Waals surface area contributed by atoms with Gasteiger partial charge in [0.05, 0.1) is 10.6 Å². The van der Waals surface area contributed by atoms with Crippen LogP contribution in [-0.2, 0) is 0 Å². The van der Waals surface area contributed by atoms with Gasteiger partial charge in [-0.1, -0.05) is 35.0 Å². The maximum atomic E-state index is 10.9. The molecule has 0 saturated carbocycles. The standard InChI is InChI=1S/C18H11ClN2O4/c1-9-2-7-13(19)15-12(9)8-14(24-15)17-20-16(21-25-17)10-3-5-11(6-4-10)18(22)23/h2-8H,1H3,(H,22,23). The van der Waals surface area contributed by atoms with Crippen molar-refractivity contribution in [3.8, 4) is 23.0 Å². The van der Waals surface area contributed by atoms with Crippen molar-refractivity contribution >= 4 is 28.5 Å². The molecule has 0 radical (unpaired) electrons. The molecule has 4 aromatic rings. The van der Waals surface area contributed by atoms with Crippen molar-refractivity contribution in [2.75, 3.05) is 0 Å². The number of hydrogen-bond acceptors (Lipinski definition) is 5. The van der Waals surface area contributed by atoms with Crippen molar-refractivity contribution in [1.29, 1.82) is 0 Å². The van der Waals surface area contributed by atoms with Gasteiger partial charge in [0, 0.05) is 10.9 Å². The van der Waals surface area contributed by atoms with Gasteiger partial charge in [-0.25, -0.2) is 4.79 Å². The number of aromatic nitrogens is 2. The van der Waals surface area contributed by atoms with Crippen LogP contribution in [0.4, 0.5) is 0 Å². The van der Waals surface area contributed by atoms with Gasteiger partial charge in [0.1, 0.15) is 0 Å². The molecule has 2 aromatic carbocycles. The molecule has 1 N–H and O–H groups in total. The van der Waals surface area contributed by atoms with Crippen LogP contribution in [0.15, 0.2) is 51.4 Å². The van der Waals surface area contributed by atoms with Crippen LogP contribution < -0.4 is 0 Å². The Kier molecular flexibility index (Phi) is 3.54. The van der Waals surface area contributed by atoms with E-state index in [0.29, 0.717) is 27.8 Å². The van der Waals surface area contributed by atoms with Gasteiger partial charge in [-0.2, -0.15) is 4.98 Å². The molecule has 0 aliphatic heterocycles. The monoisotopic (exact) mass is 354 g/mol. The summed E-state index contributed by atoms with van der Waals surface area (Å²) in [6, 6.07) is 11.7. The number of furan rings is 1. The highest BCUT2D eigenvalue weighted by Gasteiger charge is 2.17. The Morgan fingerprint density at radius 2 is 1.92 bits per heavy atom. The van der Waals surface area contributed by atoms with E-state index in [9.17, 15) is 4.79 Å². The van der Waals surface area contributed by atoms with E-state index in [0.717, 1.165) is 10.9 Å². The molecule has 0 unspecified atom stereocenters. The van der Waals surface area contributed by atoms with Crippen LogP contribution in [0.3, 0.4) is 0 Å². The van der Waals surface area contributed by atoms with Gasteiger partial charge >= 0.3 is 5.97 Å². The lowest BCUT2D eigenvalue weighted by Crippen LogP contribution is -1.95. The van der Waals surface area contributed by atoms with Gasteiger partial charge in [0.25, 0.3) is 5.89 Å². The van der Waals surface area contributed by atoms with Crippen molar-refractivity contribution < 1.29 is 18.8 Å². The minimum atomic E-state index is -0.991. The van der Waals surface area contributed by atoms with Crippen LogP contribution in [0.5, 0.6) is 0 Å². The Hall–Kier alpha value is -3.12. The normalized spacial score (nSPS) is 11.1. The second-order valence-electron chi connectivity index (χ2n) is 5.52. The first-order valence-corrected chi connectivity index (χ1v) is 7.77. The molecule has 2 aromatic heterocycles. The average Bonchev–Trinajstić information content (AvgIpc) is 3.26. The minimum absolute atomic E-state index is 0.190. The summed E-state index contributed by atoms with van der Waals surface area (Å²) >= 11 is 6.16. The highest BCUT2D eigenvalue weighted by molar-refractivity contribution is 6.35. The second-order valence-corrected chi connectivity index (χ2v) is 5.93. The Balaban J connectivity index is 1.73. The number of rotatable bonds is 3. The molecular weight excluding hydrogens is 344 g/mol. The summed E-state index contributed by atoms with van der Waals surface area (Å²) in [5, 5.41) is 14.3. The molecule has 0 atom stereocenters. The third-order valence-corrected chi connectivity index (χ3v) is 4.18. The fourth-order valence-electron chi connectivity index (χ4n) is 2.53. The lowest BCUT2D eigenvalue weighted by Gasteiger charge is -1.95. The van der Waals surface area contributed by atoms with E-state index in [2.05, 4.69) is 10.1 Å². The molecular formula is C18H11ClN2O4. The Morgan fingerprint density at radius 3 is 2.60 bits per heavy atom. The predicted octanol–water partition coefficient (Wildman–Crippen LogP) is 4.81. The Morgan fingerprint density at radius 1 is 1.16 bits per heavy atom. The van der Waals surface area contributed by atoms with Crippen molar-refractivity contribution in [2.45, 2.75) is 6.92 Å². The van der Waals surface area contributed by atoms with Gasteiger partial charge in [0.15, 0.2) is 11.3 Å². The van der Waals surface area contributed by atoms with Crippen molar-refractivity contribution in [3.05, 3.63) is 58.6 Å². The van der Waals surface area contributed by atoms with Gasteiger partial charge in [-0.3, -0.25) is 0 Å². The molecule has 4 rings (SSSR count). The first-order valence-electron chi connectivity index (χ1n) is 7.39. The summed E-state index contributed by atoms with van der Waals surface area (Å²) in [4.78, 5) is 15.2. The number of carboxylic acids is 1. The van der Waals surface area contributed by atoms with E-state index >= 15 is 0 Å². The number of carboxylic acid groups (broad SMARTS) is 1. The maximum Gasteiger partial charge on any atom is 0.335 e. The number of fused-ring (bicyclic) bond motifs is 1. The molecule has 25 heavy (non-hydrogen) atoms. The first kappa shape index (κ1) is 15.4. The average molecular weight is 355 g/mol. The van der Waals surface area contributed by atoms with E-state index in [1.807, 2.05) is 13.0 Å². The van der Waals surface area contributed by atoms with Crippen LogP contribution in [0.2, 0.25) is 5.02 Å². The number of halogens is 1. The lowest BCUT2D eigenvalue weighted by molar-refractivity contribution is 0.0697. The number of aromatic carboxylic acids is 1. The summed E-state index contributed by atoms with van der Waals surface area (Å²) in [5.74, 6) is 0.00109. The lowest BCUT2D eigenvalue weighted by atomic mass is 10.1. The molecule has 6 nitrogen and oxygen atoms in total. The molecule has 0 aliphatic carbocycles. The summed E-state index contributed by atoms with van der Waals surface area (Å²) in [6.45, 7) is 1.96. The second kappa shape index (κ2) is 5.75. The number of benzene rings is 2. The third-order valence-electron chi connectivity index (χ3n) is 3.88. The number of hydrogen-bond donors (Lipinski definition) is 1. The molecule has 124 valence electrons. The molecule has 2 heterocycles. The zero-order valence-corrected chi connectivity index (χ0v) is 13.7. The first-order chi connectivity index (χ1) is 12.0. The molecule has 0 spiro atoms. The maximum absolute atomic E-state index is 10.9. The van der Waals surface area contributed by atoms with Gasteiger partial charge < -0.3 is 14.0 Å². The Labute approximate surface area is 146 Å². The van der Waals surface area contributed by atoms with E-state index in [1.165, 1.54) is 12.1 Å². The quantitative estimate of drug-likeness (QED) is 0.567. The molecule has 0 aliphatic rings. The number of carbonyl (C=O) groups is 1. The largest absolute Gasteiger partial charge is 0.478 e. The topological polar surface area (TPSA) is 89.4 Å². The molecule has 0 saturated heterocycles. The van der Waals surface area contributed by atoms with E-state index < -0.39 is 5.97 Å². The SMILES string of the molecule is Cc1ccc(Cl)c2oc(-c3nc(-c4ccc(C(=O)O)cc4)no3)cc12. The number of nitrogens with zero attached hydrogens (tertiary/aromatic N) is 2. The zero-order chi connectivity index (χ0) is 17.6. The Bertz CT molecular complexity index is 1060. The van der Waals surface area contributed by atoms with Crippen molar-refractivity contribution in [1.82, 2.24) is 10.1 Å². The highest BCUT2D eigenvalue weighted by Crippen LogP contribution is 2.34. The molecule has 0 amide bonds. The van der Waals surface area contributed by atoms with Crippen LogP contribution in [0, 0.1) is 6.92 Å². The van der Waals surface area contributed by atoms with E-state index in [4.69, 9.17) is 25.6 Å². The van der Waals surface area contributed by atoms with Gasteiger partial charge in [-0.05, 0) is 36.8 Å². The summed E-state index contributed by atoms with van der Waals surface area (Å²) in [7, 11) is 0. The predicted molar refractivity (Wildman–Crippen MR) is 91.6 cm³/mol. The van der Waals surface area contributed by atoms with Crippen LogP contribution >= 0.6 is 11.6 Å². The molecule has 0 fully saturated rings. The minimum Gasteiger partial charge on any atom is -0.478 e.